The molecule has 0 aromatic heterocycles. The Morgan fingerprint density at radius 2 is 1.47 bits per heavy atom. The van der Waals surface area contributed by atoms with E-state index in [0.717, 1.165) is 5.92 Å². The van der Waals surface area contributed by atoms with Crippen molar-refractivity contribution in [2.45, 2.75) is 70.2 Å². The van der Waals surface area contributed by atoms with Crippen molar-refractivity contribution in [3.05, 3.63) is 0 Å². The standard InChI is InChI=1S/C13H20Br4/c14-11-8-4-5-9-12(11,15)13(16,17)10-6-2-1-3-7-10/h10-11H,1-9H2/t11-,12+/m1/s1. The molecule has 100 valence electrons. The molecule has 0 saturated heterocycles. The monoisotopic (exact) mass is 492 g/mol. The molecule has 0 amide bonds. The van der Waals surface area contributed by atoms with E-state index in [2.05, 4.69) is 63.7 Å². The lowest BCUT2D eigenvalue weighted by Crippen LogP contribution is -2.53. The highest BCUT2D eigenvalue weighted by Crippen LogP contribution is 2.59. The number of halogens is 4. The molecule has 0 nitrogen and oxygen atoms in total. The van der Waals surface area contributed by atoms with E-state index < -0.39 is 0 Å². The van der Waals surface area contributed by atoms with Crippen molar-refractivity contribution in [2.75, 3.05) is 0 Å². The third kappa shape index (κ3) is 3.00. The third-order valence-electron chi connectivity index (χ3n) is 4.42. The molecular weight excluding hydrogens is 476 g/mol. The summed E-state index contributed by atoms with van der Waals surface area (Å²) in [7, 11) is 0. The first-order valence-corrected chi connectivity index (χ1v) is 9.99. The van der Waals surface area contributed by atoms with Gasteiger partial charge in [0.2, 0.25) is 0 Å². The summed E-state index contributed by atoms with van der Waals surface area (Å²) < 4.78 is 0.197. The molecule has 0 unspecified atom stereocenters. The van der Waals surface area contributed by atoms with Gasteiger partial charge >= 0.3 is 0 Å². The Bertz CT molecular complexity index is 260. The maximum atomic E-state index is 4.08. The van der Waals surface area contributed by atoms with Crippen LogP contribution in [0.3, 0.4) is 0 Å². The topological polar surface area (TPSA) is 0 Å². The van der Waals surface area contributed by atoms with Gasteiger partial charge in [0.05, 0.1) is 7.56 Å². The molecule has 0 aromatic carbocycles. The van der Waals surface area contributed by atoms with Gasteiger partial charge < -0.3 is 0 Å². The third-order valence-corrected chi connectivity index (χ3v) is 11.6. The molecule has 0 spiro atoms. The van der Waals surface area contributed by atoms with Gasteiger partial charge in [0.25, 0.3) is 0 Å². The molecule has 0 aliphatic heterocycles. The maximum Gasteiger partial charge on any atom is 0.0996 e. The molecule has 0 N–H and O–H groups in total. The minimum absolute atomic E-state index is 0.0437. The van der Waals surface area contributed by atoms with E-state index >= 15 is 0 Å². The highest BCUT2D eigenvalue weighted by molar-refractivity contribution is 9.26. The van der Waals surface area contributed by atoms with Crippen LogP contribution in [0.1, 0.15) is 57.8 Å². The fourth-order valence-electron chi connectivity index (χ4n) is 3.27. The molecule has 0 radical (unpaired) electrons. The van der Waals surface area contributed by atoms with Crippen molar-refractivity contribution in [2.24, 2.45) is 5.92 Å². The van der Waals surface area contributed by atoms with Gasteiger partial charge in [0.1, 0.15) is 0 Å². The summed E-state index contributed by atoms with van der Waals surface area (Å²) in [5.74, 6) is 0.744. The first-order chi connectivity index (χ1) is 7.98. The van der Waals surface area contributed by atoms with E-state index in [1.165, 1.54) is 57.8 Å². The minimum atomic E-state index is 0.0437. The van der Waals surface area contributed by atoms with Gasteiger partial charge in [-0.2, -0.15) is 0 Å². The van der Waals surface area contributed by atoms with Crippen molar-refractivity contribution in [3.63, 3.8) is 0 Å². The molecule has 0 aromatic rings. The van der Waals surface area contributed by atoms with Crippen LogP contribution in [0.2, 0.25) is 0 Å². The predicted octanol–water partition coefficient (Wildman–Crippen LogP) is 6.52. The molecule has 0 heterocycles. The quantitative estimate of drug-likeness (QED) is 0.382. The molecule has 2 fully saturated rings. The smallest absolute Gasteiger partial charge is 0.0875 e. The fourth-order valence-corrected chi connectivity index (χ4v) is 7.50. The maximum absolute atomic E-state index is 4.08. The Morgan fingerprint density at radius 1 is 0.882 bits per heavy atom. The first-order valence-electron chi connectivity index (χ1n) is 6.69. The SMILES string of the molecule is Br[C@@H]1CCCC[C@@]1(Br)C(Br)(Br)C1CCCCC1. The Kier molecular flexibility index (Phi) is 5.52. The number of rotatable bonds is 2. The van der Waals surface area contributed by atoms with Gasteiger partial charge in [-0.25, -0.2) is 0 Å². The van der Waals surface area contributed by atoms with Crippen LogP contribution in [0.15, 0.2) is 0 Å². The van der Waals surface area contributed by atoms with Crippen LogP contribution in [0.5, 0.6) is 0 Å². The molecule has 2 aliphatic carbocycles. The van der Waals surface area contributed by atoms with E-state index in [0.29, 0.717) is 4.83 Å². The minimum Gasteiger partial charge on any atom is -0.0875 e. The van der Waals surface area contributed by atoms with Crippen molar-refractivity contribution in [1.29, 1.82) is 0 Å². The highest BCUT2D eigenvalue weighted by Gasteiger charge is 2.55. The summed E-state index contributed by atoms with van der Waals surface area (Å²) >= 11 is 16.1. The van der Waals surface area contributed by atoms with Crippen LogP contribution < -0.4 is 0 Å². The zero-order valence-electron chi connectivity index (χ0n) is 10.0. The van der Waals surface area contributed by atoms with Gasteiger partial charge in [-0.3, -0.25) is 0 Å². The summed E-state index contributed by atoms with van der Waals surface area (Å²) in [4.78, 5) is 0.560. The Hall–Kier alpha value is 1.92. The first kappa shape index (κ1) is 15.3. The average Bonchev–Trinajstić information content (AvgIpc) is 2.34. The predicted molar refractivity (Wildman–Crippen MR) is 90.0 cm³/mol. The second-order valence-corrected chi connectivity index (χ2v) is 11.6. The number of alkyl halides is 4. The molecule has 2 saturated carbocycles. The van der Waals surface area contributed by atoms with E-state index in [1.54, 1.807) is 0 Å². The van der Waals surface area contributed by atoms with E-state index in [-0.39, 0.29) is 7.56 Å². The molecular formula is C13H20Br4. The molecule has 0 bridgehead atoms. The van der Waals surface area contributed by atoms with Crippen LogP contribution in [-0.4, -0.2) is 12.4 Å². The van der Waals surface area contributed by atoms with Crippen LogP contribution in [0.4, 0.5) is 0 Å². The van der Waals surface area contributed by atoms with E-state index in [4.69, 9.17) is 0 Å². The lowest BCUT2D eigenvalue weighted by Gasteiger charge is -2.50. The number of hydrogen-bond acceptors (Lipinski definition) is 0. The zero-order valence-corrected chi connectivity index (χ0v) is 16.4. The van der Waals surface area contributed by atoms with Crippen LogP contribution in [0.25, 0.3) is 0 Å². The molecule has 17 heavy (non-hydrogen) atoms. The summed E-state index contributed by atoms with van der Waals surface area (Å²) in [5, 5.41) is 0. The van der Waals surface area contributed by atoms with E-state index in [9.17, 15) is 0 Å². The van der Waals surface area contributed by atoms with E-state index in [1.807, 2.05) is 0 Å². The van der Waals surface area contributed by atoms with Gasteiger partial charge in [-0.15, -0.1) is 0 Å². The van der Waals surface area contributed by atoms with Crippen molar-refractivity contribution < 1.29 is 0 Å². The Labute approximate surface area is 139 Å². The summed E-state index contributed by atoms with van der Waals surface area (Å²) in [5.41, 5.74) is 0. The average molecular weight is 496 g/mol. The molecule has 2 aliphatic rings. The van der Waals surface area contributed by atoms with Gasteiger partial charge in [-0.1, -0.05) is 95.8 Å². The lowest BCUT2D eigenvalue weighted by atomic mass is 9.77. The van der Waals surface area contributed by atoms with Crippen LogP contribution in [-0.2, 0) is 0 Å². The van der Waals surface area contributed by atoms with Crippen LogP contribution in [0, 0.1) is 5.92 Å². The van der Waals surface area contributed by atoms with Crippen molar-refractivity contribution in [1.82, 2.24) is 0 Å². The fraction of sp³-hybridized carbons (Fsp3) is 1.00. The summed E-state index contributed by atoms with van der Waals surface area (Å²) in [6, 6.07) is 0. The second-order valence-electron chi connectivity index (χ2n) is 5.53. The molecule has 2 rings (SSSR count). The second kappa shape index (κ2) is 6.13. The Morgan fingerprint density at radius 3 is 2.06 bits per heavy atom. The van der Waals surface area contributed by atoms with Gasteiger partial charge in [0.15, 0.2) is 0 Å². The van der Waals surface area contributed by atoms with Crippen molar-refractivity contribution >= 4 is 63.7 Å². The van der Waals surface area contributed by atoms with Gasteiger partial charge in [0, 0.05) is 4.83 Å². The van der Waals surface area contributed by atoms with Gasteiger partial charge in [-0.05, 0) is 31.6 Å². The summed E-state index contributed by atoms with van der Waals surface area (Å²) in [6.45, 7) is 0. The zero-order chi connectivity index (χ0) is 12.5. The van der Waals surface area contributed by atoms with Crippen molar-refractivity contribution in [3.8, 4) is 0 Å². The largest absolute Gasteiger partial charge is 0.0996 e. The normalized spacial score (nSPS) is 37.1. The molecule has 4 heteroatoms. The Balaban J connectivity index is 2.16. The molecule has 2 atom stereocenters. The summed E-state index contributed by atoms with van der Waals surface area (Å²) in [6.07, 6.45) is 12.1. The lowest BCUT2D eigenvalue weighted by molar-refractivity contribution is 0.278. The number of hydrogen-bond donors (Lipinski definition) is 0. The highest BCUT2D eigenvalue weighted by atomic mass is 79.9. The van der Waals surface area contributed by atoms with Crippen LogP contribution >= 0.6 is 63.7 Å².